The van der Waals surface area contributed by atoms with E-state index in [0.717, 1.165) is 6.42 Å². The molecule has 0 fully saturated rings. The maximum Gasteiger partial charge on any atom is 0.0961 e. The molecule has 0 bridgehead atoms. The van der Waals surface area contributed by atoms with Crippen molar-refractivity contribution in [2.24, 2.45) is 5.18 Å². The number of nitroso groups, excluding NO2 is 1. The zero-order valence-electron chi connectivity index (χ0n) is 6.54. The average molecular weight is 146 g/mol. The van der Waals surface area contributed by atoms with Crippen LogP contribution in [0.2, 0.25) is 0 Å². The average Bonchev–Trinajstić information content (AvgIpc) is 1.97. The predicted molar refractivity (Wildman–Crippen MR) is 39.5 cm³/mol. The van der Waals surface area contributed by atoms with Gasteiger partial charge in [0, 0.05) is 13.6 Å². The molecule has 0 radical (unpaired) electrons. The Kier molecular flexibility index (Phi) is 6.32. The Bertz CT molecular complexity index is 87.8. The number of hydrogen-bond acceptors (Lipinski definition) is 4. The van der Waals surface area contributed by atoms with Gasteiger partial charge in [-0.05, 0) is 6.42 Å². The van der Waals surface area contributed by atoms with Crippen LogP contribution in [0.5, 0.6) is 0 Å². The maximum absolute atomic E-state index is 9.65. The summed E-state index contributed by atoms with van der Waals surface area (Å²) >= 11 is 0. The minimum absolute atomic E-state index is 0.292. The number of likely N-dealkylation sites (N-methyl/N-ethyl adjacent to an activating group) is 1. The first-order valence-electron chi connectivity index (χ1n) is 3.44. The lowest BCUT2D eigenvalue weighted by atomic mass is 10.5. The second-order valence-corrected chi connectivity index (χ2v) is 2.04. The van der Waals surface area contributed by atoms with Gasteiger partial charge in [-0.15, -0.1) is 0 Å². The Morgan fingerprint density at radius 2 is 2.30 bits per heavy atom. The van der Waals surface area contributed by atoms with Gasteiger partial charge in [0.15, 0.2) is 0 Å². The summed E-state index contributed by atoms with van der Waals surface area (Å²) in [6.07, 6.45) is 0.985. The molecule has 0 aromatic heterocycles. The molecule has 4 nitrogen and oxygen atoms in total. The van der Waals surface area contributed by atoms with Crippen molar-refractivity contribution >= 4 is 0 Å². The molecular formula is C6H14N2O2. The Morgan fingerprint density at radius 3 is 2.80 bits per heavy atom. The first-order chi connectivity index (χ1) is 4.81. The minimum atomic E-state index is 0.292. The van der Waals surface area contributed by atoms with Crippen molar-refractivity contribution in [1.29, 1.82) is 0 Å². The van der Waals surface area contributed by atoms with Crippen LogP contribution in [0.4, 0.5) is 0 Å². The molecule has 0 amide bonds. The Balaban J connectivity index is 3.07. The van der Waals surface area contributed by atoms with E-state index in [2.05, 4.69) is 5.18 Å². The van der Waals surface area contributed by atoms with Crippen LogP contribution in [-0.4, -0.2) is 31.8 Å². The third-order valence-electron chi connectivity index (χ3n) is 1.02. The highest BCUT2D eigenvalue weighted by Gasteiger charge is 1.95. The number of rotatable bonds is 6. The van der Waals surface area contributed by atoms with Crippen molar-refractivity contribution in [3.63, 3.8) is 0 Å². The van der Waals surface area contributed by atoms with E-state index in [9.17, 15) is 4.91 Å². The van der Waals surface area contributed by atoms with Gasteiger partial charge in [-0.2, -0.15) is 9.97 Å². The summed E-state index contributed by atoms with van der Waals surface area (Å²) in [7, 11) is 1.79. The standard InChI is InChI=1S/C6H14N2O2/c1-3-6-10-8(2)5-4-7-9/h3-6H2,1-2H3. The molecule has 0 aliphatic rings. The lowest BCUT2D eigenvalue weighted by Gasteiger charge is -2.13. The van der Waals surface area contributed by atoms with Crippen LogP contribution >= 0.6 is 0 Å². The molecule has 0 spiro atoms. The highest BCUT2D eigenvalue weighted by atomic mass is 16.7. The second-order valence-electron chi connectivity index (χ2n) is 2.04. The minimum Gasteiger partial charge on any atom is -0.299 e. The van der Waals surface area contributed by atoms with Crippen molar-refractivity contribution in [1.82, 2.24) is 5.06 Å². The summed E-state index contributed by atoms with van der Waals surface area (Å²) < 4.78 is 0. The van der Waals surface area contributed by atoms with E-state index in [-0.39, 0.29) is 0 Å². The van der Waals surface area contributed by atoms with Gasteiger partial charge in [0.2, 0.25) is 0 Å². The highest BCUT2D eigenvalue weighted by Crippen LogP contribution is 1.86. The van der Waals surface area contributed by atoms with Crippen molar-refractivity contribution in [3.05, 3.63) is 4.91 Å². The molecule has 0 atom stereocenters. The fourth-order valence-electron chi connectivity index (χ4n) is 0.493. The molecule has 0 N–H and O–H groups in total. The van der Waals surface area contributed by atoms with E-state index in [1.165, 1.54) is 0 Å². The largest absolute Gasteiger partial charge is 0.299 e. The van der Waals surface area contributed by atoms with E-state index in [4.69, 9.17) is 4.84 Å². The van der Waals surface area contributed by atoms with E-state index < -0.39 is 0 Å². The molecule has 0 aliphatic carbocycles. The molecule has 0 saturated carbocycles. The molecule has 0 rings (SSSR count). The van der Waals surface area contributed by atoms with Crippen molar-refractivity contribution < 1.29 is 4.84 Å². The smallest absolute Gasteiger partial charge is 0.0961 e. The lowest BCUT2D eigenvalue weighted by molar-refractivity contribution is -0.137. The van der Waals surface area contributed by atoms with Gasteiger partial charge in [-0.3, -0.25) is 4.84 Å². The van der Waals surface area contributed by atoms with Crippen LogP contribution in [0.25, 0.3) is 0 Å². The van der Waals surface area contributed by atoms with Crippen molar-refractivity contribution in [2.45, 2.75) is 13.3 Å². The van der Waals surface area contributed by atoms with E-state index in [1.54, 1.807) is 12.1 Å². The van der Waals surface area contributed by atoms with Gasteiger partial charge in [-0.25, -0.2) is 0 Å². The van der Waals surface area contributed by atoms with Crippen molar-refractivity contribution in [2.75, 3.05) is 26.7 Å². The van der Waals surface area contributed by atoms with E-state index in [0.29, 0.717) is 19.7 Å². The first kappa shape index (κ1) is 9.52. The molecule has 0 aliphatic heterocycles. The maximum atomic E-state index is 9.65. The van der Waals surface area contributed by atoms with Crippen LogP contribution in [0.15, 0.2) is 5.18 Å². The Labute approximate surface area is 61.1 Å². The van der Waals surface area contributed by atoms with Crippen LogP contribution < -0.4 is 0 Å². The van der Waals surface area contributed by atoms with Crippen LogP contribution in [0.1, 0.15) is 13.3 Å². The summed E-state index contributed by atoms with van der Waals surface area (Å²) in [5.41, 5.74) is 0. The number of hydrogen-bond donors (Lipinski definition) is 0. The third-order valence-corrected chi connectivity index (χ3v) is 1.02. The Morgan fingerprint density at radius 1 is 1.60 bits per heavy atom. The summed E-state index contributed by atoms with van der Waals surface area (Å²) in [4.78, 5) is 14.8. The van der Waals surface area contributed by atoms with E-state index in [1.807, 2.05) is 6.92 Å². The normalized spacial score (nSPS) is 10.3. The fraction of sp³-hybridized carbons (Fsp3) is 1.00. The van der Waals surface area contributed by atoms with Gasteiger partial charge in [-0.1, -0.05) is 12.1 Å². The van der Waals surface area contributed by atoms with Crippen LogP contribution in [-0.2, 0) is 4.84 Å². The molecule has 0 aromatic carbocycles. The predicted octanol–water partition coefficient (Wildman–Crippen LogP) is 1.03. The number of hydroxylamine groups is 2. The molecule has 0 saturated heterocycles. The van der Waals surface area contributed by atoms with Gasteiger partial charge in [0.25, 0.3) is 0 Å². The quantitative estimate of drug-likeness (QED) is 0.415. The highest BCUT2D eigenvalue weighted by molar-refractivity contribution is 4.42. The topological polar surface area (TPSA) is 41.9 Å². The Hall–Kier alpha value is -0.480. The molecule has 0 aromatic rings. The first-order valence-corrected chi connectivity index (χ1v) is 3.44. The van der Waals surface area contributed by atoms with Gasteiger partial charge >= 0.3 is 0 Å². The zero-order valence-corrected chi connectivity index (χ0v) is 6.54. The van der Waals surface area contributed by atoms with Crippen LogP contribution in [0, 0.1) is 4.91 Å². The second kappa shape index (κ2) is 6.64. The van der Waals surface area contributed by atoms with Gasteiger partial charge < -0.3 is 0 Å². The number of nitrogens with zero attached hydrogens (tertiary/aromatic N) is 2. The lowest BCUT2D eigenvalue weighted by Crippen LogP contribution is -2.22. The fourth-order valence-corrected chi connectivity index (χ4v) is 0.493. The molecular weight excluding hydrogens is 132 g/mol. The molecule has 10 heavy (non-hydrogen) atoms. The summed E-state index contributed by atoms with van der Waals surface area (Å²) in [6, 6.07) is 0. The van der Waals surface area contributed by atoms with Crippen LogP contribution in [0.3, 0.4) is 0 Å². The summed E-state index contributed by atoms with van der Waals surface area (Å²) in [5.74, 6) is 0. The summed E-state index contributed by atoms with van der Waals surface area (Å²) in [6.45, 7) is 3.60. The molecule has 0 unspecified atom stereocenters. The van der Waals surface area contributed by atoms with Gasteiger partial charge in [0.1, 0.15) is 0 Å². The van der Waals surface area contributed by atoms with E-state index >= 15 is 0 Å². The molecule has 60 valence electrons. The summed E-state index contributed by atoms with van der Waals surface area (Å²) in [5, 5.41) is 4.34. The monoisotopic (exact) mass is 146 g/mol. The zero-order chi connectivity index (χ0) is 7.82. The SMILES string of the molecule is CCCON(C)CCN=O. The third kappa shape index (κ3) is 5.65. The molecule has 0 heterocycles. The van der Waals surface area contributed by atoms with Gasteiger partial charge in [0.05, 0.1) is 13.2 Å². The van der Waals surface area contributed by atoms with Crippen molar-refractivity contribution in [3.8, 4) is 0 Å². The molecule has 4 heteroatoms.